The van der Waals surface area contributed by atoms with Crippen LogP contribution in [0.4, 0.5) is 4.79 Å². The predicted molar refractivity (Wildman–Crippen MR) is 134 cm³/mol. The highest BCUT2D eigenvalue weighted by Crippen LogP contribution is 2.32. The number of urea groups is 1. The molecule has 1 aliphatic carbocycles. The Hall–Kier alpha value is -3.64. The number of carbonyl (C=O) groups excluding carboxylic acids is 3. The molecule has 1 aliphatic heterocycles. The number of aryl methyl sites for hydroxylation is 2. The van der Waals surface area contributed by atoms with Crippen LogP contribution in [0.3, 0.4) is 0 Å². The topological polar surface area (TPSA) is 78.5 Å². The van der Waals surface area contributed by atoms with Crippen molar-refractivity contribution in [3.63, 3.8) is 0 Å². The van der Waals surface area contributed by atoms with Gasteiger partial charge in [0.25, 0.3) is 5.91 Å². The van der Waals surface area contributed by atoms with Crippen LogP contribution < -0.4 is 10.6 Å². The van der Waals surface area contributed by atoms with Gasteiger partial charge in [-0.2, -0.15) is 0 Å². The molecule has 2 N–H and O–H groups in total. The van der Waals surface area contributed by atoms with E-state index in [-0.39, 0.29) is 6.54 Å². The first-order valence-corrected chi connectivity index (χ1v) is 12.1. The molecule has 0 saturated carbocycles. The van der Waals surface area contributed by atoms with Gasteiger partial charge in [0.1, 0.15) is 12.1 Å². The van der Waals surface area contributed by atoms with Crippen LogP contribution >= 0.6 is 11.6 Å². The Bertz CT molecular complexity index is 1290. The number of carbonyl (C=O) groups is 3. The maximum Gasteiger partial charge on any atom is 0.325 e. The third kappa shape index (κ3) is 4.42. The van der Waals surface area contributed by atoms with Gasteiger partial charge in [0.05, 0.1) is 6.04 Å². The Balaban J connectivity index is 1.35. The van der Waals surface area contributed by atoms with Gasteiger partial charge in [-0.25, -0.2) is 4.79 Å². The zero-order valence-corrected chi connectivity index (χ0v) is 20.1. The third-order valence-electron chi connectivity index (χ3n) is 6.89. The lowest BCUT2D eigenvalue weighted by molar-refractivity contribution is -0.135. The van der Waals surface area contributed by atoms with Crippen molar-refractivity contribution in [1.29, 1.82) is 0 Å². The summed E-state index contributed by atoms with van der Waals surface area (Å²) in [6.45, 7) is 1.32. The zero-order valence-electron chi connectivity index (χ0n) is 19.4. The van der Waals surface area contributed by atoms with Gasteiger partial charge in [-0.05, 0) is 66.1 Å². The first-order valence-electron chi connectivity index (χ1n) is 11.7. The molecule has 0 radical (unpaired) electrons. The van der Waals surface area contributed by atoms with E-state index in [2.05, 4.69) is 10.6 Å². The minimum Gasteiger partial charge on any atom is -0.344 e. The van der Waals surface area contributed by atoms with Crippen molar-refractivity contribution >= 4 is 29.4 Å². The van der Waals surface area contributed by atoms with Crippen LogP contribution in [0.2, 0.25) is 5.02 Å². The molecule has 2 atom stereocenters. The van der Waals surface area contributed by atoms with Gasteiger partial charge in [-0.1, -0.05) is 72.3 Å². The zero-order chi connectivity index (χ0) is 24.6. The Morgan fingerprint density at radius 3 is 2.43 bits per heavy atom. The van der Waals surface area contributed by atoms with Gasteiger partial charge in [0.2, 0.25) is 5.91 Å². The molecule has 0 spiro atoms. The van der Waals surface area contributed by atoms with Gasteiger partial charge < -0.3 is 10.6 Å². The van der Waals surface area contributed by atoms with Gasteiger partial charge in [0.15, 0.2) is 0 Å². The van der Waals surface area contributed by atoms with E-state index in [0.29, 0.717) is 5.02 Å². The maximum atomic E-state index is 13.4. The van der Waals surface area contributed by atoms with Crippen molar-refractivity contribution in [2.75, 3.05) is 6.54 Å². The highest BCUT2D eigenvalue weighted by Gasteiger charge is 2.49. The minimum atomic E-state index is -1.20. The lowest BCUT2D eigenvalue weighted by Gasteiger charge is -2.24. The van der Waals surface area contributed by atoms with Gasteiger partial charge >= 0.3 is 6.03 Å². The van der Waals surface area contributed by atoms with Crippen molar-refractivity contribution in [1.82, 2.24) is 15.5 Å². The predicted octanol–water partition coefficient (Wildman–Crippen LogP) is 4.50. The molecule has 178 valence electrons. The van der Waals surface area contributed by atoms with Gasteiger partial charge in [-0.15, -0.1) is 0 Å². The van der Waals surface area contributed by atoms with E-state index in [0.717, 1.165) is 40.9 Å². The van der Waals surface area contributed by atoms with Crippen molar-refractivity contribution in [2.24, 2.45) is 0 Å². The summed E-state index contributed by atoms with van der Waals surface area (Å²) in [5, 5.41) is 6.39. The third-order valence-corrected chi connectivity index (χ3v) is 7.15. The highest BCUT2D eigenvalue weighted by molar-refractivity contribution is 6.30. The van der Waals surface area contributed by atoms with E-state index in [1.54, 1.807) is 19.1 Å². The second-order valence-electron chi connectivity index (χ2n) is 9.25. The van der Waals surface area contributed by atoms with Crippen molar-refractivity contribution in [3.05, 3.63) is 106 Å². The number of rotatable bonds is 6. The summed E-state index contributed by atoms with van der Waals surface area (Å²) in [5.74, 6) is -0.867. The number of fused-ring (bicyclic) bond motifs is 1. The summed E-state index contributed by atoms with van der Waals surface area (Å²) in [6.07, 6.45) is 3.10. The van der Waals surface area contributed by atoms with Crippen molar-refractivity contribution < 1.29 is 14.4 Å². The summed E-state index contributed by atoms with van der Waals surface area (Å²) in [6, 6.07) is 21.7. The Labute approximate surface area is 209 Å². The molecule has 0 bridgehead atoms. The van der Waals surface area contributed by atoms with Crippen LogP contribution in [0.25, 0.3) is 0 Å². The molecule has 6 nitrogen and oxygen atoms in total. The molecule has 35 heavy (non-hydrogen) atoms. The normalized spacial score (nSPS) is 19.9. The first-order chi connectivity index (χ1) is 16.8. The molecule has 0 aromatic heterocycles. The van der Waals surface area contributed by atoms with Crippen molar-refractivity contribution in [2.45, 2.75) is 37.8 Å². The maximum absolute atomic E-state index is 13.4. The number of hydrogen-bond donors (Lipinski definition) is 2. The Morgan fingerprint density at radius 1 is 1.00 bits per heavy atom. The Morgan fingerprint density at radius 2 is 1.69 bits per heavy atom. The van der Waals surface area contributed by atoms with E-state index in [1.165, 1.54) is 11.1 Å². The fraction of sp³-hybridized carbons (Fsp3) is 0.250. The second-order valence-corrected chi connectivity index (χ2v) is 9.68. The second kappa shape index (κ2) is 9.19. The number of nitrogens with zero attached hydrogens (tertiary/aromatic N) is 1. The molecule has 3 aromatic rings. The average Bonchev–Trinajstić information content (AvgIpc) is 3.42. The number of amides is 4. The average molecular weight is 488 g/mol. The lowest BCUT2D eigenvalue weighted by atomic mass is 9.89. The molecule has 2 aliphatic rings. The van der Waals surface area contributed by atoms with Crippen LogP contribution in [0.1, 0.15) is 47.2 Å². The van der Waals surface area contributed by atoms with Crippen LogP contribution in [0.5, 0.6) is 0 Å². The molecule has 1 saturated heterocycles. The van der Waals surface area contributed by atoms with E-state index in [4.69, 9.17) is 11.6 Å². The smallest absolute Gasteiger partial charge is 0.325 e. The van der Waals surface area contributed by atoms with Gasteiger partial charge in [-0.3, -0.25) is 14.5 Å². The highest BCUT2D eigenvalue weighted by atomic mass is 35.5. The van der Waals surface area contributed by atoms with E-state index < -0.39 is 29.4 Å². The largest absolute Gasteiger partial charge is 0.344 e. The molecule has 5 rings (SSSR count). The number of hydrogen-bond acceptors (Lipinski definition) is 3. The molecule has 1 heterocycles. The number of nitrogens with one attached hydrogen (secondary N) is 2. The Kier molecular flexibility index (Phi) is 6.07. The van der Waals surface area contributed by atoms with E-state index in [1.807, 2.05) is 60.7 Å². The SMILES string of the molecule is CC1(c2ccc3c(c2)CCC3)NC(=O)N(CC(=O)NC(c2ccccc2)c2ccc(Cl)cc2)C1=O. The number of imide groups is 1. The summed E-state index contributed by atoms with van der Waals surface area (Å²) < 4.78 is 0. The lowest BCUT2D eigenvalue weighted by Crippen LogP contribution is -2.44. The number of benzene rings is 3. The first kappa shape index (κ1) is 23.1. The van der Waals surface area contributed by atoms with Crippen LogP contribution in [0.15, 0.2) is 72.8 Å². The summed E-state index contributed by atoms with van der Waals surface area (Å²) >= 11 is 6.05. The van der Waals surface area contributed by atoms with Crippen LogP contribution in [-0.4, -0.2) is 29.3 Å². The summed E-state index contributed by atoms with van der Waals surface area (Å²) in [5.41, 5.74) is 3.76. The molecular weight excluding hydrogens is 462 g/mol. The molecule has 4 amide bonds. The molecular formula is C28H26ClN3O3. The fourth-order valence-corrected chi connectivity index (χ4v) is 5.06. The monoisotopic (exact) mass is 487 g/mol. The quantitative estimate of drug-likeness (QED) is 0.502. The summed E-state index contributed by atoms with van der Waals surface area (Å²) in [7, 11) is 0. The standard InChI is InChI=1S/C28H26ClN3O3/c1-28(22-13-10-18-8-5-9-21(18)16-22)26(34)32(27(35)31-28)17-24(33)30-25(19-6-3-2-4-7-19)20-11-14-23(29)15-12-20/h2-4,6-7,10-16,25H,5,8-9,17H2,1H3,(H,30,33)(H,31,35). The molecule has 1 fully saturated rings. The number of halogens is 1. The van der Waals surface area contributed by atoms with Crippen LogP contribution in [-0.2, 0) is 28.0 Å². The minimum absolute atomic E-state index is 0.373. The van der Waals surface area contributed by atoms with E-state index in [9.17, 15) is 14.4 Å². The molecule has 7 heteroatoms. The summed E-state index contributed by atoms with van der Waals surface area (Å²) in [4.78, 5) is 40.3. The van der Waals surface area contributed by atoms with E-state index >= 15 is 0 Å². The molecule has 2 unspecified atom stereocenters. The van der Waals surface area contributed by atoms with Crippen molar-refractivity contribution in [3.8, 4) is 0 Å². The molecule has 3 aromatic carbocycles. The fourth-order valence-electron chi connectivity index (χ4n) is 4.93. The van der Waals surface area contributed by atoms with Gasteiger partial charge in [0, 0.05) is 5.02 Å². The van der Waals surface area contributed by atoms with Crippen LogP contribution in [0, 0.1) is 0 Å².